The number of hydrogen-bond donors (Lipinski definition) is 1. The van der Waals surface area contributed by atoms with Gasteiger partial charge in [0.2, 0.25) is 5.91 Å². The van der Waals surface area contributed by atoms with E-state index in [4.69, 9.17) is 4.74 Å². The van der Waals surface area contributed by atoms with Gasteiger partial charge in [-0.1, -0.05) is 0 Å². The number of carbonyl (C=O) groups is 1. The van der Waals surface area contributed by atoms with Crippen molar-refractivity contribution in [2.24, 2.45) is 0 Å². The van der Waals surface area contributed by atoms with Gasteiger partial charge >= 0.3 is 0 Å². The number of nitro groups is 1. The van der Waals surface area contributed by atoms with E-state index in [2.05, 4.69) is 10.2 Å². The highest BCUT2D eigenvalue weighted by molar-refractivity contribution is 5.92. The quantitative estimate of drug-likeness (QED) is 0.674. The average molecular weight is 293 g/mol. The summed E-state index contributed by atoms with van der Waals surface area (Å²) < 4.78 is 5.41. The van der Waals surface area contributed by atoms with Gasteiger partial charge < -0.3 is 10.1 Å². The third-order valence-corrected chi connectivity index (χ3v) is 3.51. The molecule has 1 aliphatic rings. The third-order valence-electron chi connectivity index (χ3n) is 3.51. The molecule has 1 aliphatic heterocycles. The van der Waals surface area contributed by atoms with Crippen LogP contribution in [0.5, 0.6) is 0 Å². The Morgan fingerprint density at radius 2 is 2.10 bits per heavy atom. The Bertz CT molecular complexity index is 528. The van der Waals surface area contributed by atoms with E-state index < -0.39 is 4.92 Å². The van der Waals surface area contributed by atoms with Crippen LogP contribution >= 0.6 is 0 Å². The predicted octanol–water partition coefficient (Wildman–Crippen LogP) is 1.64. The van der Waals surface area contributed by atoms with Crippen molar-refractivity contribution < 1.29 is 14.5 Å². The fraction of sp³-hybridized carbons (Fsp3) is 0.500. The fourth-order valence-corrected chi connectivity index (χ4v) is 2.22. The number of nitro benzene ring substituents is 1. The summed E-state index contributed by atoms with van der Waals surface area (Å²) in [6, 6.07) is 5.80. The zero-order valence-electron chi connectivity index (χ0n) is 12.2. The first kappa shape index (κ1) is 15.4. The molecule has 7 heteroatoms. The van der Waals surface area contributed by atoms with Crippen LogP contribution in [0.2, 0.25) is 0 Å². The summed E-state index contributed by atoms with van der Waals surface area (Å²) >= 11 is 0. The Morgan fingerprint density at radius 1 is 1.43 bits per heavy atom. The number of rotatable bonds is 4. The summed E-state index contributed by atoms with van der Waals surface area (Å²) in [5.74, 6) is -0.140. The summed E-state index contributed by atoms with van der Waals surface area (Å²) in [7, 11) is 0. The SMILES string of the molecule is CC1(C)COCCN1CC(=O)Nc1ccc([N+](=O)[O-])cc1. The topological polar surface area (TPSA) is 84.7 Å². The number of carbonyl (C=O) groups excluding carboxylic acids is 1. The maximum absolute atomic E-state index is 12.1. The molecule has 0 unspecified atom stereocenters. The summed E-state index contributed by atoms with van der Waals surface area (Å²) in [6.07, 6.45) is 0. The first-order valence-electron chi connectivity index (χ1n) is 6.75. The Hall–Kier alpha value is -1.99. The lowest BCUT2D eigenvalue weighted by Crippen LogP contribution is -2.55. The summed E-state index contributed by atoms with van der Waals surface area (Å²) in [5.41, 5.74) is 0.379. The number of non-ortho nitro benzene ring substituents is 1. The van der Waals surface area contributed by atoms with Crippen LogP contribution in [-0.4, -0.2) is 47.6 Å². The van der Waals surface area contributed by atoms with Crippen molar-refractivity contribution in [3.05, 3.63) is 34.4 Å². The predicted molar refractivity (Wildman–Crippen MR) is 78.2 cm³/mol. The molecule has 0 aliphatic carbocycles. The van der Waals surface area contributed by atoms with Gasteiger partial charge in [0.05, 0.1) is 24.7 Å². The molecule has 2 rings (SSSR count). The normalized spacial score (nSPS) is 18.2. The zero-order chi connectivity index (χ0) is 15.5. The summed E-state index contributed by atoms with van der Waals surface area (Å²) in [6.45, 7) is 6.26. The van der Waals surface area contributed by atoms with Crippen LogP contribution in [0.1, 0.15) is 13.8 Å². The number of nitrogens with zero attached hydrogens (tertiary/aromatic N) is 2. The first-order valence-corrected chi connectivity index (χ1v) is 6.75. The molecule has 1 amide bonds. The molecule has 114 valence electrons. The van der Waals surface area contributed by atoms with Crippen LogP contribution in [0.4, 0.5) is 11.4 Å². The molecule has 0 spiro atoms. The van der Waals surface area contributed by atoms with Gasteiger partial charge in [0, 0.05) is 29.9 Å². The Balaban J connectivity index is 1.93. The highest BCUT2D eigenvalue weighted by atomic mass is 16.6. The molecule has 0 radical (unpaired) electrons. The number of hydrogen-bond acceptors (Lipinski definition) is 5. The number of benzene rings is 1. The second-order valence-corrected chi connectivity index (χ2v) is 5.64. The molecule has 0 saturated carbocycles. The van der Waals surface area contributed by atoms with Crippen LogP contribution in [0.3, 0.4) is 0 Å². The van der Waals surface area contributed by atoms with Crippen molar-refractivity contribution in [2.45, 2.75) is 19.4 Å². The van der Waals surface area contributed by atoms with Gasteiger partial charge in [-0.3, -0.25) is 19.8 Å². The van der Waals surface area contributed by atoms with Gasteiger partial charge in [-0.15, -0.1) is 0 Å². The number of ether oxygens (including phenoxy) is 1. The Morgan fingerprint density at radius 3 is 2.67 bits per heavy atom. The lowest BCUT2D eigenvalue weighted by Gasteiger charge is -2.41. The molecule has 1 saturated heterocycles. The number of amides is 1. The van der Waals surface area contributed by atoms with E-state index in [1.165, 1.54) is 24.3 Å². The van der Waals surface area contributed by atoms with Crippen LogP contribution in [-0.2, 0) is 9.53 Å². The minimum absolute atomic E-state index is 0.00214. The lowest BCUT2D eigenvalue weighted by molar-refractivity contribution is -0.384. The van der Waals surface area contributed by atoms with Gasteiger partial charge in [-0.05, 0) is 26.0 Å². The minimum atomic E-state index is -0.470. The Labute approximate surface area is 123 Å². The molecule has 1 N–H and O–H groups in total. The van der Waals surface area contributed by atoms with Crippen LogP contribution < -0.4 is 5.32 Å². The highest BCUT2D eigenvalue weighted by Crippen LogP contribution is 2.19. The number of anilines is 1. The van der Waals surface area contributed by atoms with E-state index in [9.17, 15) is 14.9 Å². The molecule has 0 atom stereocenters. The molecule has 1 fully saturated rings. The first-order chi connectivity index (χ1) is 9.88. The molecule has 0 bridgehead atoms. The maximum Gasteiger partial charge on any atom is 0.269 e. The van der Waals surface area contributed by atoms with E-state index in [-0.39, 0.29) is 23.7 Å². The smallest absolute Gasteiger partial charge is 0.269 e. The molecular formula is C14H19N3O4. The van der Waals surface area contributed by atoms with Gasteiger partial charge in [0.25, 0.3) is 5.69 Å². The minimum Gasteiger partial charge on any atom is -0.378 e. The monoisotopic (exact) mass is 293 g/mol. The largest absolute Gasteiger partial charge is 0.378 e. The van der Waals surface area contributed by atoms with Gasteiger partial charge in [0.1, 0.15) is 0 Å². The van der Waals surface area contributed by atoms with Gasteiger partial charge in [-0.2, -0.15) is 0 Å². The highest BCUT2D eigenvalue weighted by Gasteiger charge is 2.31. The molecule has 21 heavy (non-hydrogen) atoms. The van der Waals surface area contributed by atoms with Crippen molar-refractivity contribution in [1.29, 1.82) is 0 Å². The molecule has 7 nitrogen and oxygen atoms in total. The molecule has 0 aromatic heterocycles. The second kappa shape index (κ2) is 6.19. The summed E-state index contributed by atoms with van der Waals surface area (Å²) in [5, 5.41) is 13.3. The van der Waals surface area contributed by atoms with Crippen LogP contribution in [0, 0.1) is 10.1 Å². The van der Waals surface area contributed by atoms with Crippen molar-refractivity contribution in [2.75, 3.05) is 31.6 Å². The van der Waals surface area contributed by atoms with Gasteiger partial charge in [-0.25, -0.2) is 0 Å². The molecule has 1 heterocycles. The zero-order valence-corrected chi connectivity index (χ0v) is 12.2. The fourth-order valence-electron chi connectivity index (χ4n) is 2.22. The third kappa shape index (κ3) is 3.99. The Kier molecular flexibility index (Phi) is 4.54. The van der Waals surface area contributed by atoms with Crippen LogP contribution in [0.15, 0.2) is 24.3 Å². The lowest BCUT2D eigenvalue weighted by atomic mass is 10.0. The van der Waals surface area contributed by atoms with Crippen molar-refractivity contribution >= 4 is 17.3 Å². The standard InChI is InChI=1S/C14H19N3O4/c1-14(2)10-21-8-7-16(14)9-13(18)15-11-3-5-12(6-4-11)17(19)20/h3-6H,7-10H2,1-2H3,(H,15,18). The second-order valence-electron chi connectivity index (χ2n) is 5.64. The van der Waals surface area contributed by atoms with Gasteiger partial charge in [0.15, 0.2) is 0 Å². The van der Waals surface area contributed by atoms with E-state index in [1.54, 1.807) is 0 Å². The van der Waals surface area contributed by atoms with E-state index in [1.807, 2.05) is 13.8 Å². The van der Waals surface area contributed by atoms with E-state index in [0.29, 0.717) is 25.4 Å². The van der Waals surface area contributed by atoms with E-state index in [0.717, 1.165) is 0 Å². The maximum atomic E-state index is 12.1. The molecule has 1 aromatic carbocycles. The molecule has 1 aromatic rings. The van der Waals surface area contributed by atoms with Crippen molar-refractivity contribution in [1.82, 2.24) is 4.90 Å². The number of nitrogens with one attached hydrogen (secondary N) is 1. The number of morpholine rings is 1. The molecular weight excluding hydrogens is 274 g/mol. The summed E-state index contributed by atoms with van der Waals surface area (Å²) in [4.78, 5) is 24.2. The average Bonchev–Trinajstić information content (AvgIpc) is 2.41. The van der Waals surface area contributed by atoms with Crippen LogP contribution in [0.25, 0.3) is 0 Å². The van der Waals surface area contributed by atoms with E-state index >= 15 is 0 Å². The van der Waals surface area contributed by atoms with Crippen molar-refractivity contribution in [3.63, 3.8) is 0 Å². The van der Waals surface area contributed by atoms with Crippen molar-refractivity contribution in [3.8, 4) is 0 Å².